The molecule has 28 heavy (non-hydrogen) atoms. The molecule has 0 radical (unpaired) electrons. The van der Waals surface area contributed by atoms with Gasteiger partial charge in [0.2, 0.25) is 0 Å². The van der Waals surface area contributed by atoms with E-state index in [4.69, 9.17) is 10.5 Å². The molecule has 0 saturated carbocycles. The number of halogens is 1. The van der Waals surface area contributed by atoms with Crippen LogP contribution in [-0.4, -0.2) is 38.5 Å². The van der Waals surface area contributed by atoms with Crippen LogP contribution in [0.2, 0.25) is 0 Å². The molecule has 3 N–H and O–H groups in total. The third kappa shape index (κ3) is 5.26. The predicted octanol–water partition coefficient (Wildman–Crippen LogP) is 2.77. The van der Waals surface area contributed by atoms with Crippen molar-refractivity contribution in [2.45, 2.75) is 42.7 Å². The molecule has 3 atom stereocenters. The summed E-state index contributed by atoms with van der Waals surface area (Å²) >= 11 is 0. The minimum Gasteiger partial charge on any atom is -0.497 e. The molecule has 1 aliphatic carbocycles. The van der Waals surface area contributed by atoms with Gasteiger partial charge in [0.15, 0.2) is 9.84 Å². The van der Waals surface area contributed by atoms with Crippen molar-refractivity contribution in [3.8, 4) is 5.75 Å². The topological polar surface area (TPSA) is 89.6 Å². The molecular formula is C21H28ClNO4S. The lowest BCUT2D eigenvalue weighted by Crippen LogP contribution is -2.45. The summed E-state index contributed by atoms with van der Waals surface area (Å²) in [6.07, 6.45) is 2.40. The zero-order chi connectivity index (χ0) is 19.4. The number of ether oxygens (including phenoxy) is 1. The van der Waals surface area contributed by atoms with Gasteiger partial charge >= 0.3 is 0 Å². The maximum Gasteiger partial charge on any atom is 0.180 e. The molecule has 5 nitrogen and oxygen atoms in total. The minimum absolute atomic E-state index is 0. The molecule has 2 aromatic rings. The highest BCUT2D eigenvalue weighted by molar-refractivity contribution is 7.91. The van der Waals surface area contributed by atoms with Crippen LogP contribution in [0.5, 0.6) is 5.75 Å². The highest BCUT2D eigenvalue weighted by Crippen LogP contribution is 2.30. The fourth-order valence-electron chi connectivity index (χ4n) is 3.81. The standard InChI is InChI=1S/C21H27NO4S.ClH/c1-26-18-11-10-15-6-5-7-16(12-17(15)13-18)21(22)20(23)14-27(24,25)19-8-3-2-4-9-19;/h2-4,8-11,13,16,20-21,23H,5-7,12,14,22H2,1H3;1H/t16?,20-,21?;/m1./s1. The first-order valence-electron chi connectivity index (χ1n) is 9.28. The summed E-state index contributed by atoms with van der Waals surface area (Å²) in [6, 6.07) is 13.7. The van der Waals surface area contributed by atoms with Crippen molar-refractivity contribution in [3.63, 3.8) is 0 Å². The van der Waals surface area contributed by atoms with Gasteiger partial charge in [-0.05, 0) is 67.0 Å². The monoisotopic (exact) mass is 425 g/mol. The molecule has 0 bridgehead atoms. The first kappa shape index (κ1) is 22.7. The fraction of sp³-hybridized carbons (Fsp3) is 0.429. The maximum atomic E-state index is 12.5. The van der Waals surface area contributed by atoms with Crippen molar-refractivity contribution in [3.05, 3.63) is 59.7 Å². The number of aliphatic hydroxyl groups is 1. The number of rotatable bonds is 6. The van der Waals surface area contributed by atoms with Crippen LogP contribution in [0.15, 0.2) is 53.4 Å². The van der Waals surface area contributed by atoms with E-state index in [1.54, 1.807) is 37.4 Å². The highest BCUT2D eigenvalue weighted by atomic mass is 35.5. The van der Waals surface area contributed by atoms with Crippen LogP contribution in [0.1, 0.15) is 24.0 Å². The summed E-state index contributed by atoms with van der Waals surface area (Å²) in [5.41, 5.74) is 8.78. The Labute approximate surface area is 173 Å². The molecule has 1 aliphatic rings. The van der Waals surface area contributed by atoms with Crippen LogP contribution >= 0.6 is 12.4 Å². The van der Waals surface area contributed by atoms with E-state index in [1.807, 2.05) is 12.1 Å². The summed E-state index contributed by atoms with van der Waals surface area (Å²) in [5.74, 6) is 0.467. The van der Waals surface area contributed by atoms with Gasteiger partial charge in [-0.25, -0.2) is 8.42 Å². The number of hydrogen-bond acceptors (Lipinski definition) is 5. The molecule has 154 valence electrons. The molecule has 7 heteroatoms. The number of hydrogen-bond donors (Lipinski definition) is 2. The highest BCUT2D eigenvalue weighted by Gasteiger charge is 2.31. The SMILES string of the molecule is COc1ccc2c(c1)CC(C(N)[C@H](O)CS(=O)(=O)c1ccccc1)CCC2.Cl. The lowest BCUT2D eigenvalue weighted by molar-refractivity contribution is 0.132. The Kier molecular flexibility index (Phi) is 7.89. The second-order valence-corrected chi connectivity index (χ2v) is 9.26. The normalized spacial score (nSPS) is 18.9. The molecule has 0 aliphatic heterocycles. The van der Waals surface area contributed by atoms with Crippen molar-refractivity contribution < 1.29 is 18.3 Å². The van der Waals surface area contributed by atoms with Crippen molar-refractivity contribution >= 4 is 22.2 Å². The van der Waals surface area contributed by atoms with E-state index in [2.05, 4.69) is 6.07 Å². The van der Waals surface area contributed by atoms with E-state index in [0.717, 1.165) is 31.4 Å². The molecule has 0 amide bonds. The van der Waals surface area contributed by atoms with Crippen LogP contribution < -0.4 is 10.5 Å². The Morgan fingerprint density at radius 3 is 2.57 bits per heavy atom. The van der Waals surface area contributed by atoms with E-state index in [-0.39, 0.29) is 29.0 Å². The molecule has 2 aromatic carbocycles. The number of fused-ring (bicyclic) bond motifs is 1. The van der Waals surface area contributed by atoms with Crippen molar-refractivity contribution in [1.82, 2.24) is 0 Å². The van der Waals surface area contributed by atoms with Gasteiger partial charge in [0, 0.05) is 6.04 Å². The Morgan fingerprint density at radius 1 is 1.18 bits per heavy atom. The predicted molar refractivity (Wildman–Crippen MR) is 113 cm³/mol. The third-order valence-corrected chi connectivity index (χ3v) is 7.17. The Balaban J connectivity index is 0.00000280. The van der Waals surface area contributed by atoms with Crippen molar-refractivity contribution in [2.75, 3.05) is 12.9 Å². The van der Waals surface area contributed by atoms with Gasteiger partial charge < -0.3 is 15.6 Å². The molecule has 0 spiro atoms. The second-order valence-electron chi connectivity index (χ2n) is 7.23. The van der Waals surface area contributed by atoms with E-state index in [9.17, 15) is 13.5 Å². The zero-order valence-electron chi connectivity index (χ0n) is 16.0. The maximum absolute atomic E-state index is 12.5. The van der Waals surface area contributed by atoms with E-state index in [0.29, 0.717) is 0 Å². The van der Waals surface area contributed by atoms with Gasteiger partial charge in [0.25, 0.3) is 0 Å². The fourth-order valence-corrected chi connectivity index (χ4v) is 5.24. The van der Waals surface area contributed by atoms with Gasteiger partial charge in [0.1, 0.15) is 5.75 Å². The Hall–Kier alpha value is -1.60. The van der Waals surface area contributed by atoms with Crippen LogP contribution in [0.25, 0.3) is 0 Å². The van der Waals surface area contributed by atoms with Gasteiger partial charge in [-0.2, -0.15) is 0 Å². The van der Waals surface area contributed by atoms with Crippen molar-refractivity contribution in [2.24, 2.45) is 11.7 Å². The lowest BCUT2D eigenvalue weighted by atomic mass is 9.88. The summed E-state index contributed by atoms with van der Waals surface area (Å²) in [5, 5.41) is 10.6. The molecule has 0 heterocycles. The quantitative estimate of drug-likeness (QED) is 0.694. The van der Waals surface area contributed by atoms with E-state index in [1.165, 1.54) is 11.1 Å². The van der Waals surface area contributed by atoms with E-state index < -0.39 is 22.0 Å². The van der Waals surface area contributed by atoms with E-state index >= 15 is 0 Å². The minimum atomic E-state index is -3.57. The van der Waals surface area contributed by atoms with Crippen LogP contribution in [0.3, 0.4) is 0 Å². The zero-order valence-corrected chi connectivity index (χ0v) is 17.6. The second kappa shape index (κ2) is 9.74. The summed E-state index contributed by atoms with van der Waals surface area (Å²) in [4.78, 5) is 0.215. The summed E-state index contributed by atoms with van der Waals surface area (Å²) in [6.45, 7) is 0. The van der Waals surface area contributed by atoms with Gasteiger partial charge in [-0.1, -0.05) is 24.3 Å². The van der Waals surface area contributed by atoms with Crippen LogP contribution in [0, 0.1) is 5.92 Å². The Bertz CT molecular complexity index is 873. The van der Waals surface area contributed by atoms with Crippen LogP contribution in [-0.2, 0) is 22.7 Å². The number of sulfone groups is 1. The average molecular weight is 426 g/mol. The van der Waals surface area contributed by atoms with Crippen molar-refractivity contribution in [1.29, 1.82) is 0 Å². The van der Waals surface area contributed by atoms with Gasteiger partial charge in [-0.3, -0.25) is 0 Å². The van der Waals surface area contributed by atoms with Gasteiger partial charge in [-0.15, -0.1) is 12.4 Å². The van der Waals surface area contributed by atoms with Gasteiger partial charge in [0.05, 0.1) is 23.9 Å². The summed E-state index contributed by atoms with van der Waals surface area (Å²) in [7, 11) is -1.93. The molecule has 0 aromatic heterocycles. The number of aliphatic hydroxyl groups excluding tert-OH is 1. The summed E-state index contributed by atoms with van der Waals surface area (Å²) < 4.78 is 30.4. The molecule has 2 unspecified atom stereocenters. The largest absolute Gasteiger partial charge is 0.497 e. The number of aryl methyl sites for hydroxylation is 1. The lowest BCUT2D eigenvalue weighted by Gasteiger charge is -2.27. The Morgan fingerprint density at radius 2 is 1.89 bits per heavy atom. The number of benzene rings is 2. The molecular weight excluding hydrogens is 398 g/mol. The molecule has 0 fully saturated rings. The molecule has 0 saturated heterocycles. The first-order chi connectivity index (χ1) is 12.9. The number of nitrogens with two attached hydrogens (primary N) is 1. The first-order valence-corrected chi connectivity index (χ1v) is 10.9. The smallest absolute Gasteiger partial charge is 0.180 e. The molecule has 3 rings (SSSR count). The third-order valence-electron chi connectivity index (χ3n) is 5.40. The van der Waals surface area contributed by atoms with Crippen LogP contribution in [0.4, 0.5) is 0 Å². The average Bonchev–Trinajstić information content (AvgIpc) is 2.89. The number of methoxy groups -OCH3 is 1.